The van der Waals surface area contributed by atoms with Gasteiger partial charge in [0.15, 0.2) is 0 Å². The summed E-state index contributed by atoms with van der Waals surface area (Å²) in [6.07, 6.45) is 5.62. The Bertz CT molecular complexity index is 514. The molecule has 0 heterocycles. The van der Waals surface area contributed by atoms with Gasteiger partial charge in [0.2, 0.25) is 0 Å². The third kappa shape index (κ3) is 5.12. The number of carboxylic acid groups (broad SMARTS) is 1. The van der Waals surface area contributed by atoms with E-state index in [1.54, 1.807) is 6.07 Å². The first-order valence-electron chi connectivity index (χ1n) is 6.52. The zero-order chi connectivity index (χ0) is 14.4. The van der Waals surface area contributed by atoms with Crippen LogP contribution < -0.4 is 0 Å². The number of aromatic carboxylic acids is 1. The van der Waals surface area contributed by atoms with E-state index in [9.17, 15) is 9.90 Å². The smallest absolute Gasteiger partial charge is 0.335 e. The van der Waals surface area contributed by atoms with Crippen LogP contribution in [0, 0.1) is 0 Å². The van der Waals surface area contributed by atoms with Crippen LogP contribution in [0.25, 0.3) is 0 Å². The number of carbonyl (C=O) groups is 1. The van der Waals surface area contributed by atoms with E-state index in [1.165, 1.54) is 11.1 Å². The highest BCUT2D eigenvalue weighted by atomic mass is 16.4. The van der Waals surface area contributed by atoms with Gasteiger partial charge in [0.25, 0.3) is 0 Å². The van der Waals surface area contributed by atoms with Crippen LogP contribution in [0.3, 0.4) is 0 Å². The number of allylic oxidation sites excluding steroid dienone is 4. The molecule has 1 N–H and O–H groups in total. The van der Waals surface area contributed by atoms with Crippen molar-refractivity contribution in [1.29, 1.82) is 0 Å². The lowest BCUT2D eigenvalue weighted by Gasteiger charge is -2.07. The maximum absolute atomic E-state index is 11.3. The largest absolute Gasteiger partial charge is 0.478 e. The Kier molecular flexibility index (Phi) is 5.56. The van der Waals surface area contributed by atoms with Gasteiger partial charge in [-0.05, 0) is 57.7 Å². The van der Waals surface area contributed by atoms with Crippen LogP contribution in [0.2, 0.25) is 0 Å². The molecule has 2 heteroatoms. The molecule has 0 amide bonds. The van der Waals surface area contributed by atoms with Crippen molar-refractivity contribution in [3.8, 4) is 0 Å². The van der Waals surface area contributed by atoms with Gasteiger partial charge in [-0.3, -0.25) is 0 Å². The summed E-state index contributed by atoms with van der Waals surface area (Å²) in [5.41, 5.74) is 4.77. The minimum Gasteiger partial charge on any atom is -0.478 e. The molecule has 1 aromatic carbocycles. The molecule has 19 heavy (non-hydrogen) atoms. The van der Waals surface area contributed by atoms with Crippen molar-refractivity contribution >= 4 is 5.97 Å². The normalized spacial score (nSPS) is 9.89. The second-order valence-corrected chi connectivity index (χ2v) is 5.27. The second-order valence-electron chi connectivity index (χ2n) is 5.27. The van der Waals surface area contributed by atoms with Crippen LogP contribution in [-0.4, -0.2) is 11.1 Å². The fourth-order valence-electron chi connectivity index (χ4n) is 1.76. The van der Waals surface area contributed by atoms with E-state index in [4.69, 9.17) is 0 Å². The van der Waals surface area contributed by atoms with Crippen molar-refractivity contribution in [2.24, 2.45) is 0 Å². The van der Waals surface area contributed by atoms with E-state index < -0.39 is 5.97 Å². The van der Waals surface area contributed by atoms with Crippen LogP contribution in [-0.2, 0) is 12.8 Å². The molecule has 0 saturated heterocycles. The standard InChI is InChI=1S/C17H22O2/c1-12(2)5-7-14-8-10-15(9-6-13(3)4)16(11-14)17(18)19/h5-6,8,10-11H,7,9H2,1-4H3,(H,18,19). The summed E-state index contributed by atoms with van der Waals surface area (Å²) in [5.74, 6) is -0.851. The minimum absolute atomic E-state index is 0.414. The lowest BCUT2D eigenvalue weighted by atomic mass is 9.99. The molecule has 1 rings (SSSR count). The summed E-state index contributed by atoms with van der Waals surface area (Å²) >= 11 is 0. The molecule has 0 bridgehead atoms. The first-order valence-corrected chi connectivity index (χ1v) is 6.52. The third-order valence-electron chi connectivity index (χ3n) is 2.88. The van der Waals surface area contributed by atoms with Gasteiger partial charge in [0.05, 0.1) is 5.56 Å². The van der Waals surface area contributed by atoms with E-state index in [0.717, 1.165) is 17.5 Å². The predicted octanol–water partition coefficient (Wildman–Crippen LogP) is 4.40. The topological polar surface area (TPSA) is 37.3 Å². The molecule has 0 radical (unpaired) electrons. The number of benzene rings is 1. The van der Waals surface area contributed by atoms with Crippen LogP contribution in [0.1, 0.15) is 49.2 Å². The molecule has 0 unspecified atom stereocenters. The molecule has 0 aliphatic heterocycles. The Morgan fingerprint density at radius 2 is 1.63 bits per heavy atom. The van der Waals surface area contributed by atoms with Gasteiger partial charge in [-0.2, -0.15) is 0 Å². The zero-order valence-corrected chi connectivity index (χ0v) is 12.2. The van der Waals surface area contributed by atoms with E-state index in [2.05, 4.69) is 12.2 Å². The molecule has 1 aromatic rings. The maximum atomic E-state index is 11.3. The van der Waals surface area contributed by atoms with Crippen molar-refractivity contribution < 1.29 is 9.90 Å². The number of rotatable bonds is 5. The van der Waals surface area contributed by atoms with Crippen LogP contribution in [0.15, 0.2) is 41.5 Å². The van der Waals surface area contributed by atoms with Crippen molar-refractivity contribution in [3.63, 3.8) is 0 Å². The predicted molar refractivity (Wildman–Crippen MR) is 79.7 cm³/mol. The van der Waals surface area contributed by atoms with Gasteiger partial charge in [0, 0.05) is 0 Å². The van der Waals surface area contributed by atoms with Crippen molar-refractivity contribution in [2.75, 3.05) is 0 Å². The van der Waals surface area contributed by atoms with Crippen molar-refractivity contribution in [1.82, 2.24) is 0 Å². The van der Waals surface area contributed by atoms with Crippen LogP contribution >= 0.6 is 0 Å². The molecular weight excluding hydrogens is 236 g/mol. The summed E-state index contributed by atoms with van der Waals surface area (Å²) in [7, 11) is 0. The fraction of sp³-hybridized carbons (Fsp3) is 0.353. The van der Waals surface area contributed by atoms with Gasteiger partial charge in [-0.1, -0.05) is 35.4 Å². The molecule has 0 aromatic heterocycles. The Labute approximate surface area is 115 Å². The Morgan fingerprint density at radius 1 is 1.05 bits per heavy atom. The van der Waals surface area contributed by atoms with Crippen molar-refractivity contribution in [2.45, 2.75) is 40.5 Å². The zero-order valence-electron chi connectivity index (χ0n) is 12.2. The van der Waals surface area contributed by atoms with E-state index >= 15 is 0 Å². The summed E-state index contributed by atoms with van der Waals surface area (Å²) in [4.78, 5) is 11.3. The van der Waals surface area contributed by atoms with Crippen molar-refractivity contribution in [3.05, 3.63) is 58.2 Å². The van der Waals surface area contributed by atoms with Gasteiger partial charge in [0.1, 0.15) is 0 Å². The number of carboxylic acids is 1. The summed E-state index contributed by atoms with van der Waals surface area (Å²) in [6, 6.07) is 5.73. The molecule has 0 fully saturated rings. The van der Waals surface area contributed by atoms with Crippen LogP contribution in [0.4, 0.5) is 0 Å². The summed E-state index contributed by atoms with van der Waals surface area (Å²) in [5, 5.41) is 9.30. The average molecular weight is 258 g/mol. The molecule has 0 atom stereocenters. The molecule has 0 aliphatic rings. The Balaban J connectivity index is 3.04. The SMILES string of the molecule is CC(C)=CCc1ccc(CC=C(C)C)c(C(=O)O)c1. The van der Waals surface area contributed by atoms with E-state index in [1.807, 2.05) is 39.8 Å². The summed E-state index contributed by atoms with van der Waals surface area (Å²) in [6.45, 7) is 8.12. The number of hydrogen-bond donors (Lipinski definition) is 1. The highest BCUT2D eigenvalue weighted by Crippen LogP contribution is 2.15. The first-order chi connectivity index (χ1) is 8.90. The Morgan fingerprint density at radius 3 is 2.16 bits per heavy atom. The fourth-order valence-corrected chi connectivity index (χ4v) is 1.76. The van der Waals surface area contributed by atoms with E-state index in [-0.39, 0.29) is 0 Å². The second kappa shape index (κ2) is 6.93. The number of hydrogen-bond acceptors (Lipinski definition) is 1. The quantitative estimate of drug-likeness (QED) is 0.795. The molecular formula is C17H22O2. The monoisotopic (exact) mass is 258 g/mol. The average Bonchev–Trinajstić information content (AvgIpc) is 2.33. The Hall–Kier alpha value is -1.83. The highest BCUT2D eigenvalue weighted by Gasteiger charge is 2.09. The minimum atomic E-state index is -0.851. The lowest BCUT2D eigenvalue weighted by Crippen LogP contribution is -2.03. The van der Waals surface area contributed by atoms with Gasteiger partial charge in [-0.25, -0.2) is 4.79 Å². The molecule has 2 nitrogen and oxygen atoms in total. The van der Waals surface area contributed by atoms with Crippen LogP contribution in [0.5, 0.6) is 0 Å². The highest BCUT2D eigenvalue weighted by molar-refractivity contribution is 5.89. The molecule has 0 aliphatic carbocycles. The lowest BCUT2D eigenvalue weighted by molar-refractivity contribution is 0.0695. The van der Waals surface area contributed by atoms with Gasteiger partial charge >= 0.3 is 5.97 Å². The van der Waals surface area contributed by atoms with Gasteiger partial charge < -0.3 is 5.11 Å². The third-order valence-corrected chi connectivity index (χ3v) is 2.88. The maximum Gasteiger partial charge on any atom is 0.335 e. The van der Waals surface area contributed by atoms with Gasteiger partial charge in [-0.15, -0.1) is 0 Å². The summed E-state index contributed by atoms with van der Waals surface area (Å²) < 4.78 is 0. The first kappa shape index (κ1) is 15.2. The molecule has 0 saturated carbocycles. The van der Waals surface area contributed by atoms with E-state index in [0.29, 0.717) is 12.0 Å². The molecule has 102 valence electrons. The molecule has 0 spiro atoms.